The summed E-state index contributed by atoms with van der Waals surface area (Å²) < 4.78 is 0. The van der Waals surface area contributed by atoms with E-state index in [1.54, 1.807) is 0 Å². The van der Waals surface area contributed by atoms with Gasteiger partial charge in [-0.15, -0.1) is 0 Å². The van der Waals surface area contributed by atoms with Crippen molar-refractivity contribution >= 4 is 23.4 Å². The Morgan fingerprint density at radius 3 is 2.32 bits per heavy atom. The molecule has 3 aliphatic rings. The highest BCUT2D eigenvalue weighted by atomic mass is 16.2. The Bertz CT molecular complexity index is 854. The molecule has 6 heteroatoms. The number of nitrogens with one attached hydrogen (secondary N) is 1. The first-order chi connectivity index (χ1) is 14.8. The lowest BCUT2D eigenvalue weighted by Crippen LogP contribution is -2.44. The second-order valence-electron chi connectivity index (χ2n) is 10.1. The number of amides is 3. The zero-order valence-corrected chi connectivity index (χ0v) is 19.0. The number of carbonyl (C=O) groups is 3. The summed E-state index contributed by atoms with van der Waals surface area (Å²) in [7, 11) is 0. The summed E-state index contributed by atoms with van der Waals surface area (Å²) in [6.07, 6.45) is 4.78. The van der Waals surface area contributed by atoms with Crippen molar-refractivity contribution in [1.29, 1.82) is 0 Å². The maximum absolute atomic E-state index is 13.1. The molecule has 3 unspecified atom stereocenters. The van der Waals surface area contributed by atoms with Gasteiger partial charge in [0.2, 0.25) is 11.8 Å². The lowest BCUT2D eigenvalue weighted by molar-refractivity contribution is -0.135. The van der Waals surface area contributed by atoms with E-state index < -0.39 is 0 Å². The van der Waals surface area contributed by atoms with Gasteiger partial charge in [0, 0.05) is 43.3 Å². The van der Waals surface area contributed by atoms with E-state index in [9.17, 15) is 14.4 Å². The number of hydrogen-bond acceptors (Lipinski definition) is 3. The van der Waals surface area contributed by atoms with Crippen molar-refractivity contribution in [2.24, 2.45) is 23.7 Å². The van der Waals surface area contributed by atoms with Gasteiger partial charge >= 0.3 is 0 Å². The van der Waals surface area contributed by atoms with E-state index in [0.29, 0.717) is 29.6 Å². The molecule has 1 N–H and O–H groups in total. The summed E-state index contributed by atoms with van der Waals surface area (Å²) in [5.41, 5.74) is 2.25. The molecule has 3 fully saturated rings. The molecule has 0 spiro atoms. The molecule has 3 amide bonds. The Morgan fingerprint density at radius 1 is 0.935 bits per heavy atom. The third kappa shape index (κ3) is 5.10. The average molecular weight is 426 g/mol. The summed E-state index contributed by atoms with van der Waals surface area (Å²) >= 11 is 0. The Hall–Kier alpha value is -2.37. The van der Waals surface area contributed by atoms with Crippen LogP contribution in [0.4, 0.5) is 5.69 Å². The summed E-state index contributed by atoms with van der Waals surface area (Å²) in [6.45, 7) is 9.16. The Kier molecular flexibility index (Phi) is 6.35. The fourth-order valence-electron chi connectivity index (χ4n) is 5.12. The molecular formula is C25H35N3O3. The summed E-state index contributed by atoms with van der Waals surface area (Å²) in [4.78, 5) is 42.3. The van der Waals surface area contributed by atoms with Gasteiger partial charge in [-0.25, -0.2) is 0 Å². The van der Waals surface area contributed by atoms with Crippen molar-refractivity contribution in [3.05, 3.63) is 29.3 Å². The first-order valence-corrected chi connectivity index (χ1v) is 11.8. The molecule has 1 aliphatic carbocycles. The molecule has 1 aromatic carbocycles. The predicted octanol–water partition coefficient (Wildman–Crippen LogP) is 3.70. The van der Waals surface area contributed by atoms with Gasteiger partial charge in [-0.05, 0) is 68.6 Å². The molecule has 2 heterocycles. The van der Waals surface area contributed by atoms with Gasteiger partial charge in [-0.2, -0.15) is 0 Å². The molecule has 6 nitrogen and oxygen atoms in total. The van der Waals surface area contributed by atoms with Crippen molar-refractivity contribution in [3.63, 3.8) is 0 Å². The van der Waals surface area contributed by atoms with Gasteiger partial charge in [0.25, 0.3) is 5.91 Å². The molecule has 1 saturated carbocycles. The molecule has 1 aromatic rings. The van der Waals surface area contributed by atoms with Gasteiger partial charge in [-0.1, -0.05) is 19.9 Å². The normalized spacial score (nSPS) is 26.5. The van der Waals surface area contributed by atoms with Crippen LogP contribution in [0, 0.1) is 30.6 Å². The van der Waals surface area contributed by atoms with Crippen LogP contribution in [0.25, 0.3) is 0 Å². The molecule has 4 rings (SSSR count). The zero-order valence-electron chi connectivity index (χ0n) is 19.0. The highest BCUT2D eigenvalue weighted by Gasteiger charge is 2.36. The number of benzene rings is 1. The van der Waals surface area contributed by atoms with Gasteiger partial charge in [0.05, 0.1) is 5.92 Å². The standard InChI is InChI=1S/C25H35N3O3/c1-16-11-17(2)14-28(13-16)25(31)20-7-6-18(3)22(12-20)26-23(29)21-5-4-10-27(15-21)24(30)19-8-9-19/h6-7,12,16-17,19,21H,4-5,8-11,13-15H2,1-3H3,(H,26,29). The SMILES string of the molecule is Cc1ccc(C(=O)N2CC(C)CC(C)C2)cc1NC(=O)C1CCCN(C(=O)C2CC2)C1. The van der Waals surface area contributed by atoms with Gasteiger partial charge in [0.1, 0.15) is 0 Å². The molecule has 168 valence electrons. The summed E-state index contributed by atoms with van der Waals surface area (Å²) in [5.74, 6) is 1.20. The van der Waals surface area contributed by atoms with E-state index in [-0.39, 0.29) is 29.6 Å². The first-order valence-electron chi connectivity index (χ1n) is 11.8. The zero-order chi connectivity index (χ0) is 22.1. The topological polar surface area (TPSA) is 69.7 Å². The fraction of sp³-hybridized carbons (Fsp3) is 0.640. The number of anilines is 1. The van der Waals surface area contributed by atoms with Crippen molar-refractivity contribution in [3.8, 4) is 0 Å². The highest BCUT2D eigenvalue weighted by Crippen LogP contribution is 2.33. The monoisotopic (exact) mass is 425 g/mol. The average Bonchev–Trinajstić information content (AvgIpc) is 3.59. The third-order valence-electron chi connectivity index (χ3n) is 6.93. The van der Waals surface area contributed by atoms with Gasteiger partial charge in [0.15, 0.2) is 0 Å². The molecule has 31 heavy (non-hydrogen) atoms. The number of rotatable bonds is 4. The van der Waals surface area contributed by atoms with Crippen molar-refractivity contribution in [2.75, 3.05) is 31.5 Å². The number of aryl methyl sites for hydroxylation is 1. The van der Waals surface area contributed by atoms with Crippen LogP contribution in [-0.2, 0) is 9.59 Å². The van der Waals surface area contributed by atoms with Crippen LogP contribution < -0.4 is 5.32 Å². The van der Waals surface area contributed by atoms with E-state index in [1.165, 1.54) is 0 Å². The quantitative estimate of drug-likeness (QED) is 0.800. The maximum Gasteiger partial charge on any atom is 0.253 e. The van der Waals surface area contributed by atoms with Crippen LogP contribution in [0.2, 0.25) is 0 Å². The van der Waals surface area contributed by atoms with Crippen molar-refractivity contribution in [2.45, 2.75) is 52.9 Å². The highest BCUT2D eigenvalue weighted by molar-refractivity contribution is 5.98. The van der Waals surface area contributed by atoms with Crippen molar-refractivity contribution < 1.29 is 14.4 Å². The van der Waals surface area contributed by atoms with Crippen LogP contribution >= 0.6 is 0 Å². The summed E-state index contributed by atoms with van der Waals surface area (Å²) in [6, 6.07) is 5.58. The van der Waals surface area contributed by atoms with Crippen molar-refractivity contribution in [1.82, 2.24) is 9.80 Å². The molecule has 0 radical (unpaired) electrons. The minimum absolute atomic E-state index is 0.0350. The van der Waals surface area contributed by atoms with E-state index in [0.717, 1.165) is 57.3 Å². The Balaban J connectivity index is 1.42. The van der Waals surface area contributed by atoms with Crippen LogP contribution in [0.5, 0.6) is 0 Å². The first kappa shape index (κ1) is 21.8. The third-order valence-corrected chi connectivity index (χ3v) is 6.93. The Morgan fingerprint density at radius 2 is 1.65 bits per heavy atom. The second-order valence-corrected chi connectivity index (χ2v) is 10.1. The van der Waals surface area contributed by atoms with E-state index >= 15 is 0 Å². The molecule has 3 atom stereocenters. The van der Waals surface area contributed by atoms with E-state index in [2.05, 4.69) is 19.2 Å². The molecular weight excluding hydrogens is 390 g/mol. The number of piperidine rings is 2. The van der Waals surface area contributed by atoms with Crippen LogP contribution in [0.15, 0.2) is 18.2 Å². The van der Waals surface area contributed by atoms with E-state index in [1.807, 2.05) is 34.9 Å². The lowest BCUT2D eigenvalue weighted by atomic mass is 9.91. The van der Waals surface area contributed by atoms with Gasteiger partial charge < -0.3 is 15.1 Å². The summed E-state index contributed by atoms with van der Waals surface area (Å²) in [5, 5.41) is 3.05. The Labute approximate surface area is 185 Å². The minimum Gasteiger partial charge on any atom is -0.342 e. The molecule has 2 saturated heterocycles. The van der Waals surface area contributed by atoms with Gasteiger partial charge in [-0.3, -0.25) is 14.4 Å². The minimum atomic E-state index is -0.195. The molecule has 0 aromatic heterocycles. The van der Waals surface area contributed by atoms with Crippen LogP contribution in [0.1, 0.15) is 61.9 Å². The van der Waals surface area contributed by atoms with E-state index in [4.69, 9.17) is 0 Å². The predicted molar refractivity (Wildman–Crippen MR) is 121 cm³/mol. The second kappa shape index (κ2) is 9.01. The molecule has 0 bridgehead atoms. The maximum atomic E-state index is 13.1. The number of hydrogen-bond donors (Lipinski definition) is 1. The van der Waals surface area contributed by atoms with Crippen LogP contribution in [-0.4, -0.2) is 53.7 Å². The number of nitrogens with zero attached hydrogens (tertiary/aromatic N) is 2. The number of carbonyl (C=O) groups excluding carboxylic acids is 3. The largest absolute Gasteiger partial charge is 0.342 e. The lowest BCUT2D eigenvalue weighted by Gasteiger charge is -2.35. The fourth-order valence-corrected chi connectivity index (χ4v) is 5.12. The number of likely N-dealkylation sites (tertiary alicyclic amines) is 2. The van der Waals surface area contributed by atoms with Crippen LogP contribution in [0.3, 0.4) is 0 Å². The molecule has 2 aliphatic heterocycles. The smallest absolute Gasteiger partial charge is 0.253 e.